The van der Waals surface area contributed by atoms with E-state index < -0.39 is 22.0 Å². The van der Waals surface area contributed by atoms with Crippen LogP contribution in [0.25, 0.3) is 0 Å². The molecule has 5 nitrogen and oxygen atoms in total. The Morgan fingerprint density at radius 1 is 1.24 bits per heavy atom. The molecule has 0 radical (unpaired) electrons. The summed E-state index contributed by atoms with van der Waals surface area (Å²) in [4.78, 5) is 12.0. The van der Waals surface area contributed by atoms with Gasteiger partial charge in [0.05, 0.1) is 6.04 Å². The lowest BCUT2D eigenvalue weighted by atomic mass is 10.3. The predicted molar refractivity (Wildman–Crippen MR) is 86.9 cm³/mol. The topological polar surface area (TPSA) is 75.3 Å². The third-order valence-corrected chi connectivity index (χ3v) is 6.06. The van der Waals surface area contributed by atoms with Gasteiger partial charge in [-0.2, -0.15) is 4.72 Å². The second-order valence-corrected chi connectivity index (χ2v) is 8.08. The molecule has 0 aliphatic heterocycles. The summed E-state index contributed by atoms with van der Waals surface area (Å²) < 4.78 is 27.5. The average Bonchev–Trinajstić information content (AvgIpc) is 2.95. The van der Waals surface area contributed by atoms with E-state index in [4.69, 9.17) is 0 Å². The van der Waals surface area contributed by atoms with Crippen LogP contribution in [-0.2, 0) is 14.8 Å². The Morgan fingerprint density at radius 3 is 2.48 bits per heavy atom. The standard InChI is InChI=1S/C13H13BrN2O3S2/c1-9(16-21(18,19)12-3-2-8-20-12)13(17)15-11-6-4-10(14)5-7-11/h2-9,16H,1H3,(H,15,17). The maximum Gasteiger partial charge on any atom is 0.250 e. The molecule has 0 saturated heterocycles. The Kier molecular flexibility index (Phi) is 5.15. The lowest BCUT2D eigenvalue weighted by molar-refractivity contribution is -0.117. The molecule has 8 heteroatoms. The van der Waals surface area contributed by atoms with Crippen molar-refractivity contribution in [1.82, 2.24) is 4.72 Å². The van der Waals surface area contributed by atoms with E-state index in [1.807, 2.05) is 0 Å². The zero-order valence-corrected chi connectivity index (χ0v) is 14.3. The first kappa shape index (κ1) is 16.2. The molecule has 1 aromatic heterocycles. The highest BCUT2D eigenvalue weighted by Crippen LogP contribution is 2.17. The zero-order valence-electron chi connectivity index (χ0n) is 11.0. The number of benzene rings is 1. The minimum absolute atomic E-state index is 0.186. The van der Waals surface area contributed by atoms with E-state index in [2.05, 4.69) is 26.0 Å². The van der Waals surface area contributed by atoms with Crippen molar-refractivity contribution in [2.45, 2.75) is 17.2 Å². The Bertz CT molecular complexity index is 712. The van der Waals surface area contributed by atoms with Crippen LogP contribution in [0.15, 0.2) is 50.5 Å². The van der Waals surface area contributed by atoms with E-state index in [0.29, 0.717) is 5.69 Å². The molecule has 1 heterocycles. The van der Waals surface area contributed by atoms with Gasteiger partial charge < -0.3 is 5.32 Å². The number of hydrogen-bond donors (Lipinski definition) is 2. The highest BCUT2D eigenvalue weighted by molar-refractivity contribution is 9.10. The molecular formula is C13H13BrN2O3S2. The van der Waals surface area contributed by atoms with E-state index in [1.54, 1.807) is 35.7 Å². The fraction of sp³-hybridized carbons (Fsp3) is 0.154. The summed E-state index contributed by atoms with van der Waals surface area (Å²) in [5.74, 6) is -0.419. The summed E-state index contributed by atoms with van der Waals surface area (Å²) in [5, 5.41) is 4.32. The fourth-order valence-corrected chi connectivity index (χ4v) is 4.02. The lowest BCUT2D eigenvalue weighted by Gasteiger charge is -2.13. The number of sulfonamides is 1. The van der Waals surface area contributed by atoms with Gasteiger partial charge in [-0.3, -0.25) is 4.79 Å². The average molecular weight is 389 g/mol. The van der Waals surface area contributed by atoms with Crippen LogP contribution in [0, 0.1) is 0 Å². The molecule has 0 aliphatic rings. The van der Waals surface area contributed by atoms with Gasteiger partial charge in [-0.15, -0.1) is 11.3 Å². The first-order chi connectivity index (χ1) is 9.88. The monoisotopic (exact) mass is 388 g/mol. The van der Waals surface area contributed by atoms with Crippen LogP contribution in [0.1, 0.15) is 6.92 Å². The third-order valence-electron chi connectivity index (χ3n) is 2.60. The van der Waals surface area contributed by atoms with Gasteiger partial charge in [0, 0.05) is 10.2 Å². The first-order valence-corrected chi connectivity index (χ1v) is 9.16. The van der Waals surface area contributed by atoms with Crippen LogP contribution >= 0.6 is 27.3 Å². The van der Waals surface area contributed by atoms with Crippen molar-refractivity contribution in [1.29, 1.82) is 0 Å². The number of nitrogens with one attached hydrogen (secondary N) is 2. The lowest BCUT2D eigenvalue weighted by Crippen LogP contribution is -2.41. The minimum atomic E-state index is -3.66. The summed E-state index contributed by atoms with van der Waals surface area (Å²) in [6.45, 7) is 1.50. The van der Waals surface area contributed by atoms with Gasteiger partial charge in [-0.1, -0.05) is 22.0 Å². The van der Waals surface area contributed by atoms with Crippen LogP contribution < -0.4 is 10.0 Å². The van der Waals surface area contributed by atoms with Crippen LogP contribution in [0.2, 0.25) is 0 Å². The number of anilines is 1. The molecule has 2 N–H and O–H groups in total. The van der Waals surface area contributed by atoms with Crippen molar-refractivity contribution in [2.75, 3.05) is 5.32 Å². The molecule has 0 spiro atoms. The normalized spacial score (nSPS) is 12.9. The van der Waals surface area contributed by atoms with E-state index in [-0.39, 0.29) is 4.21 Å². The number of amides is 1. The molecule has 1 atom stereocenters. The van der Waals surface area contributed by atoms with Crippen molar-refractivity contribution >= 4 is 48.9 Å². The van der Waals surface area contributed by atoms with Crippen LogP contribution in [0.3, 0.4) is 0 Å². The number of halogens is 1. The number of thiophene rings is 1. The number of rotatable bonds is 5. The van der Waals surface area contributed by atoms with E-state index >= 15 is 0 Å². The molecule has 0 bridgehead atoms. The van der Waals surface area contributed by atoms with Gasteiger partial charge in [-0.25, -0.2) is 8.42 Å². The molecule has 0 aliphatic carbocycles. The molecule has 21 heavy (non-hydrogen) atoms. The smallest absolute Gasteiger partial charge is 0.250 e. The Morgan fingerprint density at radius 2 is 1.90 bits per heavy atom. The second kappa shape index (κ2) is 6.69. The summed E-state index contributed by atoms with van der Waals surface area (Å²) in [6.07, 6.45) is 0. The first-order valence-electron chi connectivity index (χ1n) is 6.01. The van der Waals surface area contributed by atoms with Crippen molar-refractivity contribution in [2.24, 2.45) is 0 Å². The Balaban J connectivity index is 2.01. The van der Waals surface area contributed by atoms with Crippen molar-refractivity contribution in [3.63, 3.8) is 0 Å². The molecule has 0 fully saturated rings. The molecule has 112 valence electrons. The third kappa shape index (κ3) is 4.37. The number of hydrogen-bond acceptors (Lipinski definition) is 4. The maximum absolute atomic E-state index is 12.0. The van der Waals surface area contributed by atoms with Gasteiger partial charge in [-0.05, 0) is 42.6 Å². The van der Waals surface area contributed by atoms with Crippen LogP contribution in [0.5, 0.6) is 0 Å². The van der Waals surface area contributed by atoms with E-state index in [9.17, 15) is 13.2 Å². The number of carbonyl (C=O) groups is 1. The van der Waals surface area contributed by atoms with Crippen molar-refractivity contribution in [3.8, 4) is 0 Å². The van der Waals surface area contributed by atoms with Gasteiger partial charge in [0.15, 0.2) is 0 Å². The molecular weight excluding hydrogens is 376 g/mol. The van der Waals surface area contributed by atoms with Crippen molar-refractivity contribution < 1.29 is 13.2 Å². The molecule has 1 aromatic carbocycles. The summed E-state index contributed by atoms with van der Waals surface area (Å²) in [6, 6.07) is 9.29. The number of carbonyl (C=O) groups excluding carboxylic acids is 1. The van der Waals surface area contributed by atoms with E-state index in [0.717, 1.165) is 15.8 Å². The second-order valence-electron chi connectivity index (χ2n) is 4.27. The predicted octanol–water partition coefficient (Wildman–Crippen LogP) is 2.82. The highest BCUT2D eigenvalue weighted by Gasteiger charge is 2.22. The fourth-order valence-electron chi connectivity index (χ4n) is 1.54. The van der Waals surface area contributed by atoms with Crippen LogP contribution in [-0.4, -0.2) is 20.4 Å². The quantitative estimate of drug-likeness (QED) is 0.826. The molecule has 1 amide bonds. The van der Waals surface area contributed by atoms with Crippen molar-refractivity contribution in [3.05, 3.63) is 46.3 Å². The minimum Gasteiger partial charge on any atom is -0.325 e. The van der Waals surface area contributed by atoms with E-state index in [1.165, 1.54) is 13.0 Å². The molecule has 2 aromatic rings. The Labute approximate surface area is 135 Å². The zero-order chi connectivity index (χ0) is 15.5. The summed E-state index contributed by atoms with van der Waals surface area (Å²) in [5.41, 5.74) is 0.602. The van der Waals surface area contributed by atoms with Crippen LogP contribution in [0.4, 0.5) is 5.69 Å². The SMILES string of the molecule is CC(NS(=O)(=O)c1cccs1)C(=O)Nc1ccc(Br)cc1. The highest BCUT2D eigenvalue weighted by atomic mass is 79.9. The molecule has 2 rings (SSSR count). The van der Waals surface area contributed by atoms with Gasteiger partial charge in [0.25, 0.3) is 10.0 Å². The maximum atomic E-state index is 12.0. The largest absolute Gasteiger partial charge is 0.325 e. The van der Waals surface area contributed by atoms with Gasteiger partial charge in [0.2, 0.25) is 5.91 Å². The Hall–Kier alpha value is -1.22. The summed E-state index contributed by atoms with van der Waals surface area (Å²) in [7, 11) is -3.66. The van der Waals surface area contributed by atoms with Gasteiger partial charge >= 0.3 is 0 Å². The molecule has 0 saturated carbocycles. The molecule has 1 unspecified atom stereocenters. The summed E-state index contributed by atoms with van der Waals surface area (Å²) >= 11 is 4.40. The van der Waals surface area contributed by atoms with Gasteiger partial charge in [0.1, 0.15) is 4.21 Å².